The second-order valence-corrected chi connectivity index (χ2v) is 15.4. The Balaban J connectivity index is 1.34. The molecule has 0 radical (unpaired) electrons. The van der Waals surface area contributed by atoms with Gasteiger partial charge < -0.3 is 4.90 Å². The molecule has 2 heteroatoms. The van der Waals surface area contributed by atoms with Gasteiger partial charge in [-0.2, -0.15) is 0 Å². The summed E-state index contributed by atoms with van der Waals surface area (Å²) in [6.07, 6.45) is 0. The van der Waals surface area contributed by atoms with Gasteiger partial charge in [0.25, 0.3) is 0 Å². The van der Waals surface area contributed by atoms with Crippen LogP contribution in [0.5, 0.6) is 0 Å². The van der Waals surface area contributed by atoms with Crippen LogP contribution in [0.4, 0.5) is 17.1 Å². The average Bonchev–Trinajstić information content (AvgIpc) is 3.13. The lowest BCUT2D eigenvalue weighted by Gasteiger charge is -2.29. The van der Waals surface area contributed by atoms with Crippen LogP contribution in [0.15, 0.2) is 140 Å². The first-order valence-corrected chi connectivity index (χ1v) is 18.9. The molecule has 256 valence electrons. The summed E-state index contributed by atoms with van der Waals surface area (Å²) in [5, 5.41) is 10.3. The SMILES string of the molecule is Cc1ccc(N(c2ccc3ccccc3c2)c2ccc3ccc4c(B(c5c(C)cc(C)cc5C)c5c(C)cc(C)cc5C)ccc5ccc2c3c54)cc1. The highest BCUT2D eigenvalue weighted by Crippen LogP contribution is 2.44. The molecule has 0 spiro atoms. The van der Waals surface area contributed by atoms with Gasteiger partial charge in [-0.3, -0.25) is 0 Å². The Morgan fingerprint density at radius 1 is 0.377 bits per heavy atom. The van der Waals surface area contributed by atoms with E-state index in [1.54, 1.807) is 0 Å². The Labute approximate surface area is 314 Å². The first-order valence-electron chi connectivity index (χ1n) is 18.9. The number of hydrogen-bond donors (Lipinski definition) is 0. The fraction of sp³-hybridized carbons (Fsp3) is 0.137. The van der Waals surface area contributed by atoms with Gasteiger partial charge in [-0.1, -0.05) is 165 Å². The molecule has 9 aromatic rings. The third-order valence-electron chi connectivity index (χ3n) is 11.6. The molecule has 0 saturated heterocycles. The molecule has 53 heavy (non-hydrogen) atoms. The third kappa shape index (κ3) is 5.48. The van der Waals surface area contributed by atoms with E-state index in [0.717, 1.165) is 11.4 Å². The van der Waals surface area contributed by atoms with Crippen molar-refractivity contribution in [1.82, 2.24) is 0 Å². The normalized spacial score (nSPS) is 11.7. The molecule has 0 aliphatic carbocycles. The van der Waals surface area contributed by atoms with Crippen LogP contribution in [0.25, 0.3) is 43.1 Å². The summed E-state index contributed by atoms with van der Waals surface area (Å²) in [7, 11) is 0. The molecule has 0 fully saturated rings. The summed E-state index contributed by atoms with van der Waals surface area (Å²) in [6, 6.07) is 52.7. The molecule has 1 nitrogen and oxygen atoms in total. The van der Waals surface area contributed by atoms with Gasteiger partial charge in [0.05, 0.1) is 5.69 Å². The lowest BCUT2D eigenvalue weighted by molar-refractivity contribution is 1.29. The average molecular weight is 682 g/mol. The molecule has 0 atom stereocenters. The maximum atomic E-state index is 2.44. The molecule has 0 unspecified atom stereocenters. The van der Waals surface area contributed by atoms with Gasteiger partial charge in [0.15, 0.2) is 0 Å². The number of rotatable bonds is 6. The van der Waals surface area contributed by atoms with Crippen molar-refractivity contribution in [3.05, 3.63) is 178 Å². The Morgan fingerprint density at radius 2 is 0.868 bits per heavy atom. The molecule has 0 saturated carbocycles. The molecule has 0 aromatic heterocycles. The van der Waals surface area contributed by atoms with E-state index in [9.17, 15) is 0 Å². The molecule has 9 aromatic carbocycles. The van der Waals surface area contributed by atoms with Gasteiger partial charge in [0.2, 0.25) is 6.71 Å². The summed E-state index contributed by atoms with van der Waals surface area (Å²) in [5.74, 6) is 0. The highest BCUT2D eigenvalue weighted by atomic mass is 15.1. The molecule has 0 aliphatic rings. The van der Waals surface area contributed by atoms with Crippen molar-refractivity contribution < 1.29 is 0 Å². The standard InChI is InChI=1S/C51H44BN/c1-31-12-19-42(20-13-31)53(43-21-14-38-10-8-9-11-41(38)30-43)47-25-18-40-15-22-44-46(24-17-39-16-23-45(47)49(40)48(39)44)52(50-34(4)26-32(2)27-35(50)5)51-36(6)28-33(3)29-37(51)7/h8-30H,1-7H3. The molecular weight excluding hydrogens is 637 g/mol. The van der Waals surface area contributed by atoms with Crippen LogP contribution >= 0.6 is 0 Å². The summed E-state index contributed by atoms with van der Waals surface area (Å²) < 4.78 is 0. The Hall–Kier alpha value is -5.86. The maximum absolute atomic E-state index is 2.44. The van der Waals surface area contributed by atoms with E-state index < -0.39 is 0 Å². The van der Waals surface area contributed by atoms with Crippen LogP contribution in [-0.2, 0) is 0 Å². The van der Waals surface area contributed by atoms with Crippen LogP contribution in [0.2, 0.25) is 0 Å². The fourth-order valence-electron chi connectivity index (χ4n) is 9.44. The minimum Gasteiger partial charge on any atom is -0.310 e. The lowest BCUT2D eigenvalue weighted by atomic mass is 9.33. The number of aryl methyl sites for hydroxylation is 7. The summed E-state index contributed by atoms with van der Waals surface area (Å²) in [4.78, 5) is 2.44. The molecule has 9 rings (SSSR count). The van der Waals surface area contributed by atoms with Crippen molar-refractivity contribution in [3.63, 3.8) is 0 Å². The van der Waals surface area contributed by atoms with Crippen LogP contribution < -0.4 is 21.3 Å². The molecule has 0 bridgehead atoms. The lowest BCUT2D eigenvalue weighted by Crippen LogP contribution is -2.56. The van der Waals surface area contributed by atoms with E-state index in [1.165, 1.54) is 104 Å². The largest absolute Gasteiger partial charge is 0.310 e. The quantitative estimate of drug-likeness (QED) is 0.125. The monoisotopic (exact) mass is 681 g/mol. The molecule has 0 aliphatic heterocycles. The topological polar surface area (TPSA) is 3.24 Å². The molecular formula is C51H44BN. The van der Waals surface area contributed by atoms with E-state index in [4.69, 9.17) is 0 Å². The van der Waals surface area contributed by atoms with Gasteiger partial charge >= 0.3 is 0 Å². The minimum absolute atomic E-state index is 0.0990. The number of anilines is 3. The second-order valence-electron chi connectivity index (χ2n) is 15.4. The molecule has 0 heterocycles. The van der Waals surface area contributed by atoms with E-state index in [2.05, 4.69) is 193 Å². The molecule has 0 N–H and O–H groups in total. The van der Waals surface area contributed by atoms with Crippen LogP contribution in [0, 0.1) is 48.5 Å². The number of nitrogens with zero attached hydrogens (tertiary/aromatic N) is 1. The van der Waals surface area contributed by atoms with Gasteiger partial charge in [0.1, 0.15) is 0 Å². The Kier molecular flexibility index (Phi) is 7.89. The third-order valence-corrected chi connectivity index (χ3v) is 11.6. The van der Waals surface area contributed by atoms with E-state index >= 15 is 0 Å². The predicted molar refractivity (Wildman–Crippen MR) is 233 cm³/mol. The van der Waals surface area contributed by atoms with Gasteiger partial charge in [-0.15, -0.1) is 0 Å². The Morgan fingerprint density at radius 3 is 1.49 bits per heavy atom. The van der Waals surface area contributed by atoms with Crippen molar-refractivity contribution >= 4 is 83.3 Å². The zero-order valence-corrected chi connectivity index (χ0v) is 31.8. The second kappa shape index (κ2) is 12.7. The fourth-order valence-corrected chi connectivity index (χ4v) is 9.44. The predicted octanol–water partition coefficient (Wildman–Crippen LogP) is 11.9. The maximum Gasteiger partial charge on any atom is 0.243 e. The highest BCUT2D eigenvalue weighted by Gasteiger charge is 2.31. The highest BCUT2D eigenvalue weighted by molar-refractivity contribution is 6.98. The summed E-state index contributed by atoms with van der Waals surface area (Å²) >= 11 is 0. The summed E-state index contributed by atoms with van der Waals surface area (Å²) in [6.45, 7) is 15.9. The first kappa shape index (κ1) is 33.0. The van der Waals surface area contributed by atoms with Crippen LogP contribution in [-0.4, -0.2) is 6.71 Å². The van der Waals surface area contributed by atoms with Crippen LogP contribution in [0.1, 0.15) is 38.9 Å². The smallest absolute Gasteiger partial charge is 0.243 e. The first-order chi connectivity index (χ1) is 25.7. The number of hydrogen-bond acceptors (Lipinski definition) is 1. The van der Waals surface area contributed by atoms with Crippen molar-refractivity contribution in [1.29, 1.82) is 0 Å². The van der Waals surface area contributed by atoms with Crippen LogP contribution in [0.3, 0.4) is 0 Å². The van der Waals surface area contributed by atoms with Crippen molar-refractivity contribution in [2.24, 2.45) is 0 Å². The van der Waals surface area contributed by atoms with Crippen molar-refractivity contribution in [2.45, 2.75) is 48.5 Å². The van der Waals surface area contributed by atoms with Gasteiger partial charge in [-0.05, 0) is 117 Å². The zero-order valence-electron chi connectivity index (χ0n) is 31.8. The van der Waals surface area contributed by atoms with E-state index in [0.29, 0.717) is 0 Å². The Bertz CT molecular complexity index is 2760. The van der Waals surface area contributed by atoms with Gasteiger partial charge in [-0.25, -0.2) is 0 Å². The van der Waals surface area contributed by atoms with Crippen molar-refractivity contribution in [2.75, 3.05) is 4.90 Å². The zero-order chi connectivity index (χ0) is 36.5. The molecule has 0 amide bonds. The van der Waals surface area contributed by atoms with Crippen molar-refractivity contribution in [3.8, 4) is 0 Å². The van der Waals surface area contributed by atoms with E-state index in [1.807, 2.05) is 0 Å². The van der Waals surface area contributed by atoms with Gasteiger partial charge in [0, 0.05) is 16.8 Å². The summed E-state index contributed by atoms with van der Waals surface area (Å²) in [5.41, 5.74) is 17.0. The number of benzene rings is 9. The number of fused-ring (bicyclic) bond motifs is 1. The minimum atomic E-state index is 0.0990. The van der Waals surface area contributed by atoms with E-state index in [-0.39, 0.29) is 6.71 Å².